The molecule has 7 heteroatoms. The minimum Gasteiger partial charge on any atom is -0.354 e. The maximum Gasteiger partial charge on any atom is 0.242 e. The van der Waals surface area contributed by atoms with E-state index < -0.39 is 6.04 Å². The van der Waals surface area contributed by atoms with E-state index in [4.69, 9.17) is 34.8 Å². The van der Waals surface area contributed by atoms with Crippen molar-refractivity contribution in [2.75, 3.05) is 6.54 Å². The van der Waals surface area contributed by atoms with E-state index in [-0.39, 0.29) is 24.8 Å². The molecule has 0 fully saturated rings. The van der Waals surface area contributed by atoms with Crippen LogP contribution >= 0.6 is 34.8 Å². The molecule has 0 heterocycles. The average molecular weight is 456 g/mol. The second-order valence-electron chi connectivity index (χ2n) is 7.34. The Bertz CT molecular complexity index is 851. The summed E-state index contributed by atoms with van der Waals surface area (Å²) in [7, 11) is 0. The third-order valence-electron chi connectivity index (χ3n) is 4.48. The van der Waals surface area contributed by atoms with Crippen LogP contribution in [0.5, 0.6) is 0 Å². The van der Waals surface area contributed by atoms with Crippen molar-refractivity contribution in [3.63, 3.8) is 0 Å². The Hall–Kier alpha value is -1.75. The van der Waals surface area contributed by atoms with Crippen LogP contribution < -0.4 is 5.32 Å². The third-order valence-corrected chi connectivity index (χ3v) is 5.43. The minimum absolute atomic E-state index is 0.000866. The molecule has 0 saturated heterocycles. The van der Waals surface area contributed by atoms with Gasteiger partial charge in [-0.2, -0.15) is 0 Å². The molecule has 2 aromatic carbocycles. The maximum atomic E-state index is 13.2. The third kappa shape index (κ3) is 6.91. The first kappa shape index (κ1) is 23.5. The highest BCUT2D eigenvalue weighted by Gasteiger charge is 2.27. The van der Waals surface area contributed by atoms with E-state index in [0.717, 1.165) is 5.56 Å². The number of amides is 2. The summed E-state index contributed by atoms with van der Waals surface area (Å²) < 4.78 is 0. The molecule has 1 N–H and O–H groups in total. The zero-order valence-corrected chi connectivity index (χ0v) is 19.0. The van der Waals surface area contributed by atoms with Gasteiger partial charge in [0.2, 0.25) is 11.8 Å². The van der Waals surface area contributed by atoms with E-state index in [2.05, 4.69) is 5.32 Å². The van der Waals surface area contributed by atoms with E-state index in [0.29, 0.717) is 33.1 Å². The molecule has 2 amide bonds. The topological polar surface area (TPSA) is 49.4 Å². The largest absolute Gasteiger partial charge is 0.354 e. The monoisotopic (exact) mass is 454 g/mol. The van der Waals surface area contributed by atoms with Crippen molar-refractivity contribution in [2.45, 2.75) is 39.8 Å². The lowest BCUT2D eigenvalue weighted by Crippen LogP contribution is -2.48. The number of benzene rings is 2. The molecule has 0 spiro atoms. The number of hydrogen-bond acceptors (Lipinski definition) is 2. The predicted octanol–water partition coefficient (Wildman–Crippen LogP) is 5.38. The van der Waals surface area contributed by atoms with Crippen LogP contribution in [-0.2, 0) is 22.6 Å². The molecule has 0 aliphatic rings. The van der Waals surface area contributed by atoms with Crippen LogP contribution in [0.3, 0.4) is 0 Å². The quantitative estimate of drug-likeness (QED) is 0.581. The predicted molar refractivity (Wildman–Crippen MR) is 119 cm³/mol. The first-order valence-corrected chi connectivity index (χ1v) is 10.6. The van der Waals surface area contributed by atoms with Gasteiger partial charge >= 0.3 is 0 Å². The Balaban J connectivity index is 2.27. The summed E-state index contributed by atoms with van der Waals surface area (Å²) in [5, 5.41) is 4.30. The molecule has 0 bridgehead atoms. The van der Waals surface area contributed by atoms with Crippen LogP contribution in [0, 0.1) is 5.92 Å². The molecule has 2 rings (SSSR count). The van der Waals surface area contributed by atoms with Gasteiger partial charge in [-0.3, -0.25) is 9.59 Å². The van der Waals surface area contributed by atoms with E-state index in [1.807, 2.05) is 26.0 Å². The number of halogens is 3. The number of nitrogens with one attached hydrogen (secondary N) is 1. The Morgan fingerprint density at radius 1 is 1.00 bits per heavy atom. The number of nitrogens with zero attached hydrogens (tertiary/aromatic N) is 1. The Labute approximate surface area is 187 Å². The summed E-state index contributed by atoms with van der Waals surface area (Å²) in [6.07, 6.45) is 0.000866. The van der Waals surface area contributed by atoms with Crippen molar-refractivity contribution in [3.8, 4) is 0 Å². The van der Waals surface area contributed by atoms with Gasteiger partial charge in [-0.1, -0.05) is 66.8 Å². The van der Waals surface area contributed by atoms with Crippen molar-refractivity contribution < 1.29 is 9.59 Å². The zero-order valence-electron chi connectivity index (χ0n) is 16.7. The smallest absolute Gasteiger partial charge is 0.242 e. The molecule has 2 aromatic rings. The molecule has 0 saturated carbocycles. The van der Waals surface area contributed by atoms with Crippen LogP contribution in [0.25, 0.3) is 0 Å². The fourth-order valence-corrected chi connectivity index (χ4v) is 3.57. The van der Waals surface area contributed by atoms with Crippen LogP contribution in [0.1, 0.15) is 31.9 Å². The Morgan fingerprint density at radius 3 is 2.21 bits per heavy atom. The molecule has 0 aliphatic heterocycles. The molecule has 1 atom stereocenters. The second kappa shape index (κ2) is 10.9. The molecular formula is C22H25Cl3N2O2. The average Bonchev–Trinajstić information content (AvgIpc) is 2.66. The number of rotatable bonds is 8. The summed E-state index contributed by atoms with van der Waals surface area (Å²) in [6.45, 7) is 6.53. The summed E-state index contributed by atoms with van der Waals surface area (Å²) in [5.74, 6) is -0.142. The minimum atomic E-state index is -0.665. The lowest BCUT2D eigenvalue weighted by molar-refractivity contribution is -0.140. The molecule has 0 aliphatic carbocycles. The maximum absolute atomic E-state index is 13.2. The van der Waals surface area contributed by atoms with Crippen molar-refractivity contribution >= 4 is 46.6 Å². The normalized spacial score (nSPS) is 12.0. The van der Waals surface area contributed by atoms with Gasteiger partial charge < -0.3 is 10.2 Å². The van der Waals surface area contributed by atoms with Crippen LogP contribution in [0.15, 0.2) is 42.5 Å². The van der Waals surface area contributed by atoms with Crippen LogP contribution in [0.4, 0.5) is 0 Å². The zero-order chi connectivity index (χ0) is 21.6. The lowest BCUT2D eigenvalue weighted by atomic mass is 10.1. The van der Waals surface area contributed by atoms with Gasteiger partial charge in [-0.05, 0) is 48.2 Å². The van der Waals surface area contributed by atoms with E-state index >= 15 is 0 Å². The van der Waals surface area contributed by atoms with E-state index in [9.17, 15) is 9.59 Å². The van der Waals surface area contributed by atoms with E-state index in [1.165, 1.54) is 4.90 Å². The highest BCUT2D eigenvalue weighted by Crippen LogP contribution is 2.26. The Kier molecular flexibility index (Phi) is 8.81. The number of carbonyl (C=O) groups excluding carboxylic acids is 2. The summed E-state index contributed by atoms with van der Waals surface area (Å²) in [5.41, 5.74) is 1.38. The van der Waals surface area contributed by atoms with Crippen LogP contribution in [-0.4, -0.2) is 29.3 Å². The fraction of sp³-hybridized carbons (Fsp3) is 0.364. The van der Waals surface area contributed by atoms with Gasteiger partial charge in [-0.15, -0.1) is 0 Å². The first-order chi connectivity index (χ1) is 13.7. The summed E-state index contributed by atoms with van der Waals surface area (Å²) in [6, 6.07) is 11.7. The SMILES string of the molecule is CC(C)CNC(=O)[C@@H](C)N(Cc1cccc(Cl)c1)C(=O)Cc1c(Cl)cccc1Cl. The van der Waals surface area contributed by atoms with Gasteiger partial charge in [0.15, 0.2) is 0 Å². The lowest BCUT2D eigenvalue weighted by Gasteiger charge is -2.29. The van der Waals surface area contributed by atoms with Crippen molar-refractivity contribution in [3.05, 3.63) is 68.7 Å². The van der Waals surface area contributed by atoms with Gasteiger partial charge in [0.1, 0.15) is 6.04 Å². The summed E-state index contributed by atoms with van der Waals surface area (Å²) in [4.78, 5) is 27.4. The molecule has 4 nitrogen and oxygen atoms in total. The molecule has 156 valence electrons. The fourth-order valence-electron chi connectivity index (χ4n) is 2.82. The standard InChI is InChI=1S/C22H25Cl3N2O2/c1-14(2)12-26-22(29)15(3)27(13-16-6-4-7-17(23)10-16)21(28)11-18-19(24)8-5-9-20(18)25/h4-10,14-15H,11-13H2,1-3H3,(H,26,29)/t15-/m1/s1. The van der Waals surface area contributed by atoms with Crippen LogP contribution in [0.2, 0.25) is 15.1 Å². The molecule has 0 aromatic heterocycles. The number of carbonyl (C=O) groups is 2. The first-order valence-electron chi connectivity index (χ1n) is 9.43. The molecule has 29 heavy (non-hydrogen) atoms. The van der Waals surface area contributed by atoms with Crippen molar-refractivity contribution in [2.24, 2.45) is 5.92 Å². The van der Waals surface area contributed by atoms with Gasteiger partial charge in [-0.25, -0.2) is 0 Å². The molecular weight excluding hydrogens is 431 g/mol. The van der Waals surface area contributed by atoms with Gasteiger partial charge in [0, 0.05) is 28.2 Å². The highest BCUT2D eigenvalue weighted by atomic mass is 35.5. The molecule has 0 unspecified atom stereocenters. The van der Waals surface area contributed by atoms with Gasteiger partial charge in [0.25, 0.3) is 0 Å². The molecule has 0 radical (unpaired) electrons. The van der Waals surface area contributed by atoms with Gasteiger partial charge in [0.05, 0.1) is 6.42 Å². The second-order valence-corrected chi connectivity index (χ2v) is 8.59. The van der Waals surface area contributed by atoms with E-state index in [1.54, 1.807) is 37.3 Å². The summed E-state index contributed by atoms with van der Waals surface area (Å²) >= 11 is 18.6. The van der Waals surface area contributed by atoms with Crippen molar-refractivity contribution in [1.29, 1.82) is 0 Å². The van der Waals surface area contributed by atoms with Crippen molar-refractivity contribution in [1.82, 2.24) is 10.2 Å². The highest BCUT2D eigenvalue weighted by molar-refractivity contribution is 6.36. The number of hydrogen-bond donors (Lipinski definition) is 1. The Morgan fingerprint density at radius 2 is 1.62 bits per heavy atom.